The minimum Gasteiger partial charge on any atom is -0.384 e. The molecule has 20 heavy (non-hydrogen) atoms. The Morgan fingerprint density at radius 3 is 2.75 bits per heavy atom. The van der Waals surface area contributed by atoms with Crippen LogP contribution in [-0.4, -0.2) is 19.7 Å². The van der Waals surface area contributed by atoms with E-state index in [9.17, 15) is 0 Å². The van der Waals surface area contributed by atoms with Crippen LogP contribution in [0.25, 0.3) is 11.4 Å². The summed E-state index contributed by atoms with van der Waals surface area (Å²) in [6.07, 6.45) is 7.85. The zero-order valence-corrected chi connectivity index (χ0v) is 12.1. The van der Waals surface area contributed by atoms with Crippen molar-refractivity contribution in [2.75, 3.05) is 5.73 Å². The van der Waals surface area contributed by atoms with Crippen LogP contribution in [0.1, 0.15) is 49.9 Å². The Kier molecular flexibility index (Phi) is 3.42. The predicted molar refractivity (Wildman–Crippen MR) is 79.2 cm³/mol. The second-order valence-electron chi connectivity index (χ2n) is 5.54. The van der Waals surface area contributed by atoms with Gasteiger partial charge in [-0.3, -0.25) is 4.68 Å². The number of anilines is 1. The summed E-state index contributed by atoms with van der Waals surface area (Å²) in [7, 11) is 1.92. The Balaban J connectivity index is 2.04. The topological polar surface area (TPSA) is 69.6 Å². The number of hydrogen-bond acceptors (Lipinski definition) is 4. The molecule has 2 aromatic rings. The molecule has 1 aliphatic rings. The fraction of sp³-hybridized carbons (Fsp3) is 0.533. The van der Waals surface area contributed by atoms with Crippen LogP contribution in [0.4, 0.5) is 5.82 Å². The summed E-state index contributed by atoms with van der Waals surface area (Å²) in [5.41, 5.74) is 9.10. The summed E-state index contributed by atoms with van der Waals surface area (Å²) in [5, 5.41) is 4.46. The van der Waals surface area contributed by atoms with E-state index in [1.54, 1.807) is 0 Å². The summed E-state index contributed by atoms with van der Waals surface area (Å²) in [4.78, 5) is 9.17. The molecule has 0 spiro atoms. The first kappa shape index (κ1) is 13.1. The van der Waals surface area contributed by atoms with Crippen molar-refractivity contribution in [2.24, 2.45) is 7.05 Å². The maximum Gasteiger partial charge on any atom is 0.165 e. The monoisotopic (exact) mass is 271 g/mol. The molecule has 0 aliphatic heterocycles. The minimum atomic E-state index is 0.542. The first-order valence-electron chi connectivity index (χ1n) is 7.34. The number of nitrogens with two attached hydrogens (primary N) is 1. The van der Waals surface area contributed by atoms with Crippen molar-refractivity contribution in [3.8, 4) is 11.4 Å². The lowest BCUT2D eigenvalue weighted by atomic mass is 10.0. The zero-order valence-electron chi connectivity index (χ0n) is 12.1. The molecule has 5 nitrogen and oxygen atoms in total. The van der Waals surface area contributed by atoms with E-state index in [-0.39, 0.29) is 0 Å². The molecule has 106 valence electrons. The molecule has 0 atom stereocenters. The number of rotatable bonds is 3. The molecule has 1 saturated carbocycles. The highest BCUT2D eigenvalue weighted by Crippen LogP contribution is 2.34. The van der Waals surface area contributed by atoms with Crippen LogP contribution >= 0.6 is 0 Å². The number of aromatic nitrogens is 4. The molecule has 2 N–H and O–H groups in total. The van der Waals surface area contributed by atoms with Gasteiger partial charge in [0.1, 0.15) is 5.82 Å². The van der Waals surface area contributed by atoms with Crippen LogP contribution in [0.2, 0.25) is 0 Å². The molecule has 0 aromatic carbocycles. The zero-order chi connectivity index (χ0) is 14.1. The van der Waals surface area contributed by atoms with E-state index in [0.29, 0.717) is 11.7 Å². The van der Waals surface area contributed by atoms with E-state index in [4.69, 9.17) is 10.7 Å². The Bertz CT molecular complexity index is 611. The van der Waals surface area contributed by atoms with Gasteiger partial charge in [0, 0.05) is 30.9 Å². The highest BCUT2D eigenvalue weighted by molar-refractivity contribution is 5.59. The molecular formula is C15H21N5. The number of hydrogen-bond donors (Lipinski definition) is 1. The maximum atomic E-state index is 5.98. The maximum absolute atomic E-state index is 5.98. The highest BCUT2D eigenvalue weighted by atomic mass is 15.3. The summed E-state index contributed by atoms with van der Waals surface area (Å²) in [5.74, 6) is 1.82. The molecule has 0 radical (unpaired) electrons. The van der Waals surface area contributed by atoms with Gasteiger partial charge in [0.2, 0.25) is 0 Å². The molecule has 5 heteroatoms. The minimum absolute atomic E-state index is 0.542. The van der Waals surface area contributed by atoms with Crippen molar-refractivity contribution in [1.82, 2.24) is 19.7 Å². The molecule has 0 amide bonds. The molecule has 2 heterocycles. The summed E-state index contributed by atoms with van der Waals surface area (Å²) >= 11 is 0. The van der Waals surface area contributed by atoms with Gasteiger partial charge in [-0.25, -0.2) is 9.97 Å². The number of nitrogen functional groups attached to an aromatic ring is 1. The average molecular weight is 271 g/mol. The average Bonchev–Trinajstić information content (AvgIpc) is 3.06. The van der Waals surface area contributed by atoms with Crippen LogP contribution in [0.5, 0.6) is 0 Å². The van der Waals surface area contributed by atoms with Gasteiger partial charge in [-0.05, 0) is 19.3 Å². The second-order valence-corrected chi connectivity index (χ2v) is 5.54. The van der Waals surface area contributed by atoms with Crippen LogP contribution < -0.4 is 5.73 Å². The Labute approximate surface area is 119 Å². The lowest BCUT2D eigenvalue weighted by molar-refractivity contribution is 0.696. The molecule has 0 saturated heterocycles. The van der Waals surface area contributed by atoms with E-state index in [1.807, 2.05) is 24.0 Å². The first-order chi connectivity index (χ1) is 9.67. The van der Waals surface area contributed by atoms with Crippen molar-refractivity contribution in [1.29, 1.82) is 0 Å². The van der Waals surface area contributed by atoms with Crippen molar-refractivity contribution in [3.05, 3.63) is 23.7 Å². The van der Waals surface area contributed by atoms with Gasteiger partial charge in [0.25, 0.3) is 0 Å². The van der Waals surface area contributed by atoms with Crippen LogP contribution in [-0.2, 0) is 13.5 Å². The van der Waals surface area contributed by atoms with Gasteiger partial charge in [0.05, 0.1) is 11.3 Å². The molecule has 0 bridgehead atoms. The normalized spacial score (nSPS) is 15.9. The van der Waals surface area contributed by atoms with Crippen molar-refractivity contribution < 1.29 is 0 Å². The van der Waals surface area contributed by atoms with Crippen LogP contribution in [0.3, 0.4) is 0 Å². The number of nitrogens with zero attached hydrogens (tertiary/aromatic N) is 4. The highest BCUT2D eigenvalue weighted by Gasteiger charge is 2.21. The molecule has 3 rings (SSSR count). The quantitative estimate of drug-likeness (QED) is 0.931. The predicted octanol–water partition coefficient (Wildman–Crippen LogP) is 2.68. The Morgan fingerprint density at radius 1 is 1.30 bits per heavy atom. The standard InChI is InChI=1S/C15H21N5/c1-3-12-11(9-20(2)19-12)15-17-13(8-14(16)18-15)10-6-4-5-7-10/h8-10H,3-7H2,1-2H3,(H2,16,17,18). The van der Waals surface area contributed by atoms with Gasteiger partial charge >= 0.3 is 0 Å². The Morgan fingerprint density at radius 2 is 2.05 bits per heavy atom. The summed E-state index contributed by atoms with van der Waals surface area (Å²) in [6, 6.07) is 1.93. The van der Waals surface area contributed by atoms with E-state index >= 15 is 0 Å². The van der Waals surface area contributed by atoms with E-state index < -0.39 is 0 Å². The van der Waals surface area contributed by atoms with E-state index in [0.717, 1.165) is 29.2 Å². The van der Waals surface area contributed by atoms with E-state index in [1.165, 1.54) is 25.7 Å². The third-order valence-corrected chi connectivity index (χ3v) is 4.02. The largest absolute Gasteiger partial charge is 0.384 e. The van der Waals surface area contributed by atoms with Crippen molar-refractivity contribution in [3.63, 3.8) is 0 Å². The number of aryl methyl sites for hydroxylation is 2. The molecule has 1 aliphatic carbocycles. The lowest BCUT2D eigenvalue weighted by Crippen LogP contribution is -2.04. The summed E-state index contributed by atoms with van der Waals surface area (Å²) < 4.78 is 1.82. The molecular weight excluding hydrogens is 250 g/mol. The fourth-order valence-corrected chi connectivity index (χ4v) is 3.02. The third kappa shape index (κ3) is 2.40. The van der Waals surface area contributed by atoms with Gasteiger partial charge < -0.3 is 5.73 Å². The third-order valence-electron chi connectivity index (χ3n) is 4.02. The fourth-order valence-electron chi connectivity index (χ4n) is 3.02. The Hall–Kier alpha value is -1.91. The smallest absolute Gasteiger partial charge is 0.165 e. The summed E-state index contributed by atoms with van der Waals surface area (Å²) in [6.45, 7) is 2.09. The van der Waals surface area contributed by atoms with Gasteiger partial charge in [-0.1, -0.05) is 19.8 Å². The van der Waals surface area contributed by atoms with Crippen LogP contribution in [0.15, 0.2) is 12.3 Å². The van der Waals surface area contributed by atoms with Crippen molar-refractivity contribution in [2.45, 2.75) is 44.9 Å². The van der Waals surface area contributed by atoms with Gasteiger partial charge in [-0.15, -0.1) is 0 Å². The molecule has 2 aromatic heterocycles. The molecule has 0 unspecified atom stereocenters. The van der Waals surface area contributed by atoms with Gasteiger partial charge in [-0.2, -0.15) is 5.10 Å². The van der Waals surface area contributed by atoms with E-state index in [2.05, 4.69) is 17.0 Å². The van der Waals surface area contributed by atoms with Crippen molar-refractivity contribution >= 4 is 5.82 Å². The SMILES string of the molecule is CCc1nn(C)cc1-c1nc(N)cc(C2CCCC2)n1. The molecule has 1 fully saturated rings. The second kappa shape index (κ2) is 5.23. The van der Waals surface area contributed by atoms with Crippen LogP contribution in [0, 0.1) is 0 Å². The van der Waals surface area contributed by atoms with Gasteiger partial charge in [0.15, 0.2) is 5.82 Å². The first-order valence-corrected chi connectivity index (χ1v) is 7.34. The lowest BCUT2D eigenvalue weighted by Gasteiger charge is -2.10.